The fourth-order valence-corrected chi connectivity index (χ4v) is 3.65. The number of benzene rings is 3. The van der Waals surface area contributed by atoms with E-state index in [2.05, 4.69) is 15.5 Å². The Hall–Kier alpha value is -3.03. The zero-order valence-electron chi connectivity index (χ0n) is 16.2. The first-order chi connectivity index (χ1) is 14.6. The van der Waals surface area contributed by atoms with Crippen molar-refractivity contribution in [2.75, 3.05) is 17.7 Å². The normalized spacial score (nSPS) is 10.9. The van der Waals surface area contributed by atoms with Crippen molar-refractivity contribution in [3.63, 3.8) is 0 Å². The third-order valence-corrected chi connectivity index (χ3v) is 5.49. The molecule has 1 amide bonds. The van der Waals surface area contributed by atoms with Gasteiger partial charge in [0.05, 0.1) is 18.0 Å². The number of hydrogen-bond donors (Lipinski definition) is 1. The van der Waals surface area contributed by atoms with Crippen molar-refractivity contribution < 1.29 is 9.53 Å². The van der Waals surface area contributed by atoms with Crippen molar-refractivity contribution >= 4 is 46.0 Å². The van der Waals surface area contributed by atoms with Crippen molar-refractivity contribution in [3.05, 3.63) is 71.8 Å². The molecule has 1 heterocycles. The molecule has 152 valence electrons. The predicted molar refractivity (Wildman–Crippen MR) is 121 cm³/mol. The van der Waals surface area contributed by atoms with E-state index in [1.807, 2.05) is 73.7 Å². The summed E-state index contributed by atoms with van der Waals surface area (Å²) in [5.74, 6) is 1.02. The van der Waals surface area contributed by atoms with Crippen molar-refractivity contribution in [2.45, 2.75) is 11.8 Å². The Labute approximate surface area is 183 Å². The van der Waals surface area contributed by atoms with Crippen molar-refractivity contribution in [1.82, 2.24) is 15.0 Å². The molecule has 0 unspecified atom stereocenters. The van der Waals surface area contributed by atoms with Gasteiger partial charge in [-0.3, -0.25) is 4.79 Å². The molecule has 0 atom stereocenters. The van der Waals surface area contributed by atoms with Crippen LogP contribution in [0.5, 0.6) is 5.75 Å². The fourth-order valence-electron chi connectivity index (χ4n) is 2.83. The number of carbonyl (C=O) groups is 1. The lowest BCUT2D eigenvalue weighted by Crippen LogP contribution is -2.13. The Morgan fingerprint density at radius 2 is 1.77 bits per heavy atom. The second-order valence-electron chi connectivity index (χ2n) is 6.41. The number of nitrogens with one attached hydrogen (secondary N) is 1. The zero-order chi connectivity index (χ0) is 20.9. The van der Waals surface area contributed by atoms with E-state index in [1.54, 1.807) is 4.80 Å². The first-order valence-corrected chi connectivity index (χ1v) is 10.8. The summed E-state index contributed by atoms with van der Waals surface area (Å²) in [6.07, 6.45) is 0. The second-order valence-corrected chi connectivity index (χ2v) is 7.90. The molecular formula is C22H19ClN4O2S. The maximum absolute atomic E-state index is 12.3. The summed E-state index contributed by atoms with van der Waals surface area (Å²) in [6, 6.07) is 20.5. The van der Waals surface area contributed by atoms with Gasteiger partial charge in [-0.2, -0.15) is 4.80 Å². The van der Waals surface area contributed by atoms with Gasteiger partial charge in [-0.05, 0) is 73.7 Å². The highest BCUT2D eigenvalue weighted by Crippen LogP contribution is 2.22. The van der Waals surface area contributed by atoms with Gasteiger partial charge >= 0.3 is 0 Å². The molecule has 0 aliphatic heterocycles. The molecule has 0 spiro atoms. The first kappa shape index (κ1) is 20.3. The van der Waals surface area contributed by atoms with Crippen LogP contribution in [-0.4, -0.2) is 33.3 Å². The molecule has 30 heavy (non-hydrogen) atoms. The maximum Gasteiger partial charge on any atom is 0.234 e. The number of ether oxygens (including phenoxy) is 1. The van der Waals surface area contributed by atoms with Gasteiger partial charge in [0.2, 0.25) is 5.91 Å². The van der Waals surface area contributed by atoms with Crippen LogP contribution in [0.25, 0.3) is 16.7 Å². The molecule has 0 radical (unpaired) electrons. The lowest BCUT2D eigenvalue weighted by Gasteiger charge is -2.05. The molecule has 0 aliphatic carbocycles. The number of anilines is 1. The number of thioether (sulfide) groups is 1. The predicted octanol–water partition coefficient (Wildman–Crippen LogP) is 5.20. The van der Waals surface area contributed by atoms with Crippen molar-refractivity contribution in [2.24, 2.45) is 0 Å². The topological polar surface area (TPSA) is 69.0 Å². The summed E-state index contributed by atoms with van der Waals surface area (Å²) < 4.78 is 5.46. The Morgan fingerprint density at radius 3 is 2.50 bits per heavy atom. The van der Waals surface area contributed by atoms with Gasteiger partial charge in [0.15, 0.2) is 0 Å². The summed E-state index contributed by atoms with van der Waals surface area (Å²) in [5, 5.41) is 12.6. The SMILES string of the molecule is CCOc1ccc(-n2nc3ccc(NC(=O)CSc4ccc(Cl)cc4)cc3n2)cc1. The molecule has 8 heteroatoms. The van der Waals surface area contributed by atoms with Crippen LogP contribution >= 0.6 is 23.4 Å². The molecule has 0 fully saturated rings. The van der Waals surface area contributed by atoms with Gasteiger partial charge in [-0.15, -0.1) is 22.0 Å². The standard InChI is InChI=1S/C22H19ClN4O2S/c1-2-29-18-8-6-17(7-9-18)27-25-20-12-5-16(13-21(20)26-27)24-22(28)14-30-19-10-3-15(23)4-11-19/h3-13H,2,14H2,1H3,(H,24,28). The highest BCUT2D eigenvalue weighted by atomic mass is 35.5. The van der Waals surface area contributed by atoms with E-state index >= 15 is 0 Å². The summed E-state index contributed by atoms with van der Waals surface area (Å²) in [7, 11) is 0. The first-order valence-electron chi connectivity index (χ1n) is 9.39. The van der Waals surface area contributed by atoms with Crippen LogP contribution < -0.4 is 10.1 Å². The number of carbonyl (C=O) groups excluding carboxylic acids is 1. The third-order valence-electron chi connectivity index (χ3n) is 4.23. The monoisotopic (exact) mass is 438 g/mol. The number of nitrogens with zero attached hydrogens (tertiary/aromatic N) is 3. The molecule has 0 saturated carbocycles. The minimum Gasteiger partial charge on any atom is -0.494 e. The molecule has 0 bridgehead atoms. The molecule has 3 aromatic carbocycles. The second kappa shape index (κ2) is 9.19. The lowest BCUT2D eigenvalue weighted by atomic mass is 10.3. The summed E-state index contributed by atoms with van der Waals surface area (Å²) in [4.78, 5) is 14.9. The Bertz CT molecular complexity index is 1160. The van der Waals surface area contributed by atoms with Gasteiger partial charge in [0, 0.05) is 15.6 Å². The quantitative estimate of drug-likeness (QED) is 0.401. The van der Waals surface area contributed by atoms with Crippen LogP contribution in [0.4, 0.5) is 5.69 Å². The van der Waals surface area contributed by atoms with Crippen LogP contribution in [0.1, 0.15) is 6.92 Å². The van der Waals surface area contributed by atoms with Gasteiger partial charge in [0.1, 0.15) is 16.8 Å². The van der Waals surface area contributed by atoms with Gasteiger partial charge in [-0.1, -0.05) is 11.6 Å². The largest absolute Gasteiger partial charge is 0.494 e. The zero-order valence-corrected chi connectivity index (χ0v) is 17.8. The van der Waals surface area contributed by atoms with E-state index in [-0.39, 0.29) is 5.91 Å². The maximum atomic E-state index is 12.3. The Balaban J connectivity index is 1.42. The molecule has 4 aromatic rings. The average molecular weight is 439 g/mol. The van der Waals surface area contributed by atoms with E-state index in [9.17, 15) is 4.79 Å². The third kappa shape index (κ3) is 4.93. The highest BCUT2D eigenvalue weighted by Gasteiger charge is 2.09. The number of halogens is 1. The van der Waals surface area contributed by atoms with Gasteiger partial charge in [-0.25, -0.2) is 0 Å². The summed E-state index contributed by atoms with van der Waals surface area (Å²) in [6.45, 7) is 2.57. The summed E-state index contributed by atoms with van der Waals surface area (Å²) >= 11 is 7.34. The summed E-state index contributed by atoms with van der Waals surface area (Å²) in [5.41, 5.74) is 2.96. The van der Waals surface area contributed by atoms with E-state index in [1.165, 1.54) is 11.8 Å². The Morgan fingerprint density at radius 1 is 1.03 bits per heavy atom. The minimum atomic E-state index is -0.0896. The van der Waals surface area contributed by atoms with Gasteiger partial charge in [0.25, 0.3) is 0 Å². The molecule has 6 nitrogen and oxygen atoms in total. The van der Waals surface area contributed by atoms with Crippen LogP contribution in [0.2, 0.25) is 5.02 Å². The number of rotatable bonds is 7. The molecule has 1 N–H and O–H groups in total. The highest BCUT2D eigenvalue weighted by molar-refractivity contribution is 8.00. The van der Waals surface area contributed by atoms with Crippen LogP contribution in [0, 0.1) is 0 Å². The number of hydrogen-bond acceptors (Lipinski definition) is 5. The van der Waals surface area contributed by atoms with Crippen LogP contribution in [0.15, 0.2) is 71.6 Å². The number of aromatic nitrogens is 3. The van der Waals surface area contributed by atoms with Crippen molar-refractivity contribution in [1.29, 1.82) is 0 Å². The van der Waals surface area contributed by atoms with E-state index in [4.69, 9.17) is 16.3 Å². The van der Waals surface area contributed by atoms with E-state index < -0.39 is 0 Å². The van der Waals surface area contributed by atoms with E-state index in [0.717, 1.165) is 21.8 Å². The molecule has 0 aliphatic rings. The van der Waals surface area contributed by atoms with E-state index in [0.29, 0.717) is 28.6 Å². The number of amides is 1. The molecular weight excluding hydrogens is 420 g/mol. The fraction of sp³-hybridized carbons (Fsp3) is 0.136. The lowest BCUT2D eigenvalue weighted by molar-refractivity contribution is -0.113. The molecule has 4 rings (SSSR count). The van der Waals surface area contributed by atoms with Gasteiger partial charge < -0.3 is 10.1 Å². The minimum absolute atomic E-state index is 0.0896. The van der Waals surface area contributed by atoms with Crippen LogP contribution in [0.3, 0.4) is 0 Å². The molecule has 0 saturated heterocycles. The smallest absolute Gasteiger partial charge is 0.234 e. The van der Waals surface area contributed by atoms with Crippen LogP contribution in [-0.2, 0) is 4.79 Å². The molecule has 1 aromatic heterocycles. The van der Waals surface area contributed by atoms with Crippen molar-refractivity contribution in [3.8, 4) is 11.4 Å². The Kier molecular flexibility index (Phi) is 6.21. The number of fused-ring (bicyclic) bond motifs is 1. The average Bonchev–Trinajstić information content (AvgIpc) is 3.17.